The Bertz CT molecular complexity index is 687. The van der Waals surface area contributed by atoms with Crippen molar-refractivity contribution in [1.82, 2.24) is 0 Å². The predicted octanol–water partition coefficient (Wildman–Crippen LogP) is 3.21. The third-order valence-electron chi connectivity index (χ3n) is 3.52. The fourth-order valence-electron chi connectivity index (χ4n) is 2.39. The third kappa shape index (κ3) is 4.44. The number of halogens is 3. The summed E-state index contributed by atoms with van der Waals surface area (Å²) in [5.74, 6) is 4.78. The van der Waals surface area contributed by atoms with Crippen LogP contribution in [0.2, 0.25) is 0 Å². The highest BCUT2D eigenvalue weighted by molar-refractivity contribution is 6.20. The summed E-state index contributed by atoms with van der Waals surface area (Å²) in [6.07, 6.45) is -1.04. The molecule has 7 heteroatoms. The number of nitrogens with zero attached hydrogens (tertiary/aromatic N) is 2. The predicted molar refractivity (Wildman–Crippen MR) is 75.3 cm³/mol. The van der Waals surface area contributed by atoms with E-state index in [-0.39, 0.29) is 0 Å². The van der Waals surface area contributed by atoms with E-state index in [1.54, 1.807) is 0 Å². The maximum absolute atomic E-state index is 12.5. The summed E-state index contributed by atoms with van der Waals surface area (Å²) >= 11 is 0. The zero-order chi connectivity index (χ0) is 16.9. The lowest BCUT2D eigenvalue weighted by Gasteiger charge is -2.20. The molecule has 0 amide bonds. The number of ether oxygens (including phenoxy) is 1. The number of carbonyl (C=O) groups is 1. The molecule has 1 aliphatic rings. The van der Waals surface area contributed by atoms with Gasteiger partial charge in [-0.05, 0) is 55.9 Å². The highest BCUT2D eigenvalue weighted by Gasteiger charge is 2.36. The van der Waals surface area contributed by atoms with Crippen molar-refractivity contribution < 1.29 is 27.5 Å². The quantitative estimate of drug-likeness (QED) is 0.276. The molecule has 1 aromatic rings. The number of esters is 1. The minimum absolute atomic E-state index is 0.399. The number of benzene rings is 1. The van der Waals surface area contributed by atoms with Crippen LogP contribution in [0.25, 0.3) is 5.53 Å². The van der Waals surface area contributed by atoms with Crippen molar-refractivity contribution in [2.24, 2.45) is 0 Å². The first-order valence-electron chi connectivity index (χ1n) is 6.95. The van der Waals surface area contributed by atoms with Gasteiger partial charge in [0.05, 0.1) is 5.56 Å². The van der Waals surface area contributed by atoms with E-state index in [1.165, 1.54) is 12.1 Å². The van der Waals surface area contributed by atoms with Crippen LogP contribution in [0.5, 0.6) is 0 Å². The molecule has 1 fully saturated rings. The molecule has 4 nitrogen and oxygen atoms in total. The SMILES string of the molecule is [N-]=[N+]=CC(=O)OC1(C#Cc2ccc(C(F)(F)F)cc2)CCCC1. The van der Waals surface area contributed by atoms with Crippen molar-refractivity contribution in [1.29, 1.82) is 0 Å². The van der Waals surface area contributed by atoms with Gasteiger partial charge in [-0.25, -0.2) is 4.79 Å². The van der Waals surface area contributed by atoms with Gasteiger partial charge in [-0.2, -0.15) is 18.0 Å². The molecular formula is C16H13F3N2O2. The summed E-state index contributed by atoms with van der Waals surface area (Å²) in [6.45, 7) is 0. The number of hydrogen-bond acceptors (Lipinski definition) is 2. The fraction of sp³-hybridized carbons (Fsp3) is 0.375. The van der Waals surface area contributed by atoms with Gasteiger partial charge in [0.15, 0.2) is 5.60 Å². The highest BCUT2D eigenvalue weighted by Crippen LogP contribution is 2.33. The molecule has 1 aliphatic carbocycles. The van der Waals surface area contributed by atoms with Gasteiger partial charge < -0.3 is 10.3 Å². The second kappa shape index (κ2) is 6.67. The summed E-state index contributed by atoms with van der Waals surface area (Å²) in [5.41, 5.74) is 7.00. The zero-order valence-corrected chi connectivity index (χ0v) is 12.1. The molecule has 0 unspecified atom stereocenters. The van der Waals surface area contributed by atoms with Crippen LogP contribution in [0.4, 0.5) is 13.2 Å². The Balaban J connectivity index is 2.20. The monoisotopic (exact) mass is 322 g/mol. The Kier molecular flexibility index (Phi) is 4.87. The minimum Gasteiger partial charge on any atom is -0.437 e. The number of hydrogen-bond donors (Lipinski definition) is 0. The van der Waals surface area contributed by atoms with Crippen molar-refractivity contribution >= 4 is 12.2 Å². The Hall–Kier alpha value is -2.58. The lowest BCUT2D eigenvalue weighted by Crippen LogP contribution is -2.31. The summed E-state index contributed by atoms with van der Waals surface area (Å²) in [7, 11) is 0. The lowest BCUT2D eigenvalue weighted by atomic mass is 10.0. The van der Waals surface area contributed by atoms with Crippen LogP contribution in [0, 0.1) is 11.8 Å². The van der Waals surface area contributed by atoms with Gasteiger partial charge in [-0.15, -0.1) is 0 Å². The molecule has 0 saturated heterocycles. The summed E-state index contributed by atoms with van der Waals surface area (Å²) < 4.78 is 42.7. The molecule has 0 aromatic heterocycles. The topological polar surface area (TPSA) is 62.7 Å². The normalized spacial score (nSPS) is 16.0. The molecule has 0 aliphatic heterocycles. The molecule has 0 bridgehead atoms. The number of alkyl halides is 3. The van der Waals surface area contributed by atoms with E-state index < -0.39 is 23.3 Å². The Labute approximate surface area is 130 Å². The van der Waals surface area contributed by atoms with Crippen LogP contribution in [0.15, 0.2) is 24.3 Å². The number of rotatable bonds is 2. The molecular weight excluding hydrogens is 309 g/mol. The van der Waals surface area contributed by atoms with Gasteiger partial charge in [0, 0.05) is 5.56 Å². The smallest absolute Gasteiger partial charge is 0.416 e. The van der Waals surface area contributed by atoms with Crippen LogP contribution >= 0.6 is 0 Å². The fourth-order valence-corrected chi connectivity index (χ4v) is 2.39. The van der Waals surface area contributed by atoms with Gasteiger partial charge >= 0.3 is 18.4 Å². The van der Waals surface area contributed by atoms with Crippen LogP contribution in [-0.2, 0) is 15.7 Å². The first-order valence-corrected chi connectivity index (χ1v) is 6.95. The minimum atomic E-state index is -4.39. The first-order chi connectivity index (χ1) is 10.8. The third-order valence-corrected chi connectivity index (χ3v) is 3.52. The van der Waals surface area contributed by atoms with E-state index in [0.29, 0.717) is 24.6 Å². The molecule has 0 spiro atoms. The van der Waals surface area contributed by atoms with Gasteiger partial charge in [-0.1, -0.05) is 5.92 Å². The van der Waals surface area contributed by atoms with Crippen LogP contribution in [0.3, 0.4) is 0 Å². The van der Waals surface area contributed by atoms with Gasteiger partial charge in [0.2, 0.25) is 0 Å². The molecule has 1 aromatic carbocycles. The maximum atomic E-state index is 12.5. The van der Waals surface area contributed by atoms with Crippen LogP contribution in [0.1, 0.15) is 36.8 Å². The first kappa shape index (κ1) is 16.8. The average molecular weight is 322 g/mol. The van der Waals surface area contributed by atoms with Crippen molar-refractivity contribution in [2.45, 2.75) is 37.5 Å². The van der Waals surface area contributed by atoms with E-state index in [0.717, 1.165) is 25.0 Å². The van der Waals surface area contributed by atoms with Crippen molar-refractivity contribution in [3.05, 3.63) is 40.9 Å². The van der Waals surface area contributed by atoms with E-state index in [1.807, 2.05) is 0 Å². The Morgan fingerprint density at radius 2 is 1.87 bits per heavy atom. The molecule has 1 saturated carbocycles. The molecule has 2 rings (SSSR count). The second-order valence-corrected chi connectivity index (χ2v) is 5.19. The van der Waals surface area contributed by atoms with Crippen LogP contribution in [-0.4, -0.2) is 22.6 Å². The molecule has 0 N–H and O–H groups in total. The van der Waals surface area contributed by atoms with E-state index in [2.05, 4.69) is 16.6 Å². The lowest BCUT2D eigenvalue weighted by molar-refractivity contribution is -0.148. The zero-order valence-electron chi connectivity index (χ0n) is 12.1. The van der Waals surface area contributed by atoms with Gasteiger partial charge in [0.25, 0.3) is 0 Å². The van der Waals surface area contributed by atoms with E-state index in [9.17, 15) is 18.0 Å². The Morgan fingerprint density at radius 1 is 1.26 bits per heavy atom. The second-order valence-electron chi connectivity index (χ2n) is 5.19. The largest absolute Gasteiger partial charge is 0.437 e. The summed E-state index contributed by atoms with van der Waals surface area (Å²) in [4.78, 5) is 14.1. The van der Waals surface area contributed by atoms with Gasteiger partial charge in [-0.3, -0.25) is 0 Å². The molecule has 120 valence electrons. The van der Waals surface area contributed by atoms with Crippen molar-refractivity contribution in [3.8, 4) is 11.8 Å². The molecule has 0 atom stereocenters. The van der Waals surface area contributed by atoms with Crippen molar-refractivity contribution in [3.63, 3.8) is 0 Å². The van der Waals surface area contributed by atoms with Gasteiger partial charge in [0.1, 0.15) is 0 Å². The Morgan fingerprint density at radius 3 is 2.39 bits per heavy atom. The van der Waals surface area contributed by atoms with Crippen molar-refractivity contribution in [2.75, 3.05) is 0 Å². The molecule has 0 heterocycles. The average Bonchev–Trinajstić information content (AvgIpc) is 2.94. The number of carbonyl (C=O) groups excluding carboxylic acids is 1. The molecule has 23 heavy (non-hydrogen) atoms. The standard InChI is InChI=1S/C16H13F3N2O2/c17-16(18,19)13-5-3-12(4-6-13)7-10-15(8-1-2-9-15)23-14(22)11-21-20/h3-6,11H,1-2,8-9H2. The maximum Gasteiger partial charge on any atom is 0.416 e. The van der Waals surface area contributed by atoms with Crippen LogP contribution < -0.4 is 0 Å². The summed E-state index contributed by atoms with van der Waals surface area (Å²) in [6, 6.07) is 4.45. The van der Waals surface area contributed by atoms with E-state index >= 15 is 0 Å². The molecule has 0 radical (unpaired) electrons. The summed E-state index contributed by atoms with van der Waals surface area (Å²) in [5, 5.41) is 0. The van der Waals surface area contributed by atoms with E-state index in [4.69, 9.17) is 10.3 Å². The highest BCUT2D eigenvalue weighted by atomic mass is 19.4.